The molecule has 1 amide bonds. The molecular weight excluding hydrogens is 413 g/mol. The van der Waals surface area contributed by atoms with Crippen molar-refractivity contribution < 1.29 is 27.4 Å². The van der Waals surface area contributed by atoms with E-state index in [1.165, 1.54) is 24.3 Å². The molecule has 2 saturated heterocycles. The van der Waals surface area contributed by atoms with Gasteiger partial charge in [-0.25, -0.2) is 0 Å². The van der Waals surface area contributed by atoms with Gasteiger partial charge in [-0.05, 0) is 49.9 Å². The zero-order valence-electron chi connectivity index (χ0n) is 16.8. The van der Waals surface area contributed by atoms with Gasteiger partial charge in [0.05, 0.1) is 0 Å². The van der Waals surface area contributed by atoms with Crippen LogP contribution in [0.3, 0.4) is 0 Å². The summed E-state index contributed by atoms with van der Waals surface area (Å²) in [4.78, 5) is 15.0. The molecule has 5 rings (SSSR count). The number of aromatic nitrogens is 3. The molecule has 3 heterocycles. The van der Waals surface area contributed by atoms with E-state index in [-0.39, 0.29) is 23.0 Å². The Labute approximate surface area is 177 Å². The van der Waals surface area contributed by atoms with Crippen molar-refractivity contribution in [1.82, 2.24) is 19.7 Å². The summed E-state index contributed by atoms with van der Waals surface area (Å²) in [6.07, 6.45) is 0.908. The van der Waals surface area contributed by atoms with Gasteiger partial charge in [-0.3, -0.25) is 4.79 Å². The van der Waals surface area contributed by atoms with Gasteiger partial charge >= 0.3 is 6.36 Å². The van der Waals surface area contributed by atoms with Gasteiger partial charge in [0.2, 0.25) is 0 Å². The molecule has 2 aromatic rings. The third kappa shape index (κ3) is 4.00. The molecule has 166 valence electrons. The van der Waals surface area contributed by atoms with Crippen LogP contribution in [0.25, 0.3) is 0 Å². The molecule has 1 spiro atoms. The average Bonchev–Trinajstić information content (AvgIpc) is 3.36. The maximum atomic E-state index is 13.2. The summed E-state index contributed by atoms with van der Waals surface area (Å²) in [7, 11) is 0. The van der Waals surface area contributed by atoms with Crippen molar-refractivity contribution in [3.8, 4) is 5.75 Å². The number of halogens is 3. The maximum absolute atomic E-state index is 13.2. The highest BCUT2D eigenvalue weighted by Crippen LogP contribution is 2.50. The molecule has 0 N–H and O–H groups in total. The monoisotopic (exact) mass is 436 g/mol. The van der Waals surface area contributed by atoms with E-state index in [0.717, 1.165) is 31.5 Å². The van der Waals surface area contributed by atoms with Crippen molar-refractivity contribution >= 4 is 5.91 Å². The molecule has 1 saturated carbocycles. The summed E-state index contributed by atoms with van der Waals surface area (Å²) in [5.74, 6) is 0.427. The number of hydrogen-bond donors (Lipinski definition) is 0. The lowest BCUT2D eigenvalue weighted by Gasteiger charge is -2.37. The minimum absolute atomic E-state index is 0.0521. The van der Waals surface area contributed by atoms with E-state index < -0.39 is 6.36 Å². The first kappa shape index (κ1) is 20.3. The van der Waals surface area contributed by atoms with Crippen LogP contribution in [0.1, 0.15) is 53.8 Å². The molecule has 3 fully saturated rings. The van der Waals surface area contributed by atoms with Crippen LogP contribution in [0.5, 0.6) is 5.75 Å². The number of rotatable bonds is 4. The lowest BCUT2D eigenvalue weighted by Crippen LogP contribution is -2.37. The van der Waals surface area contributed by atoms with Crippen LogP contribution in [0, 0.1) is 5.41 Å². The van der Waals surface area contributed by atoms with Crippen LogP contribution >= 0.6 is 0 Å². The van der Waals surface area contributed by atoms with Crippen molar-refractivity contribution in [1.29, 1.82) is 0 Å². The Morgan fingerprint density at radius 1 is 1.16 bits per heavy atom. The SMILES string of the molecule is O=C(c1ccc(OC(F)(F)F)cc1)N1CC(c2nncn2C2CC2)C2(CCOCC2)C1. The minimum atomic E-state index is -4.76. The lowest BCUT2D eigenvalue weighted by atomic mass is 9.71. The van der Waals surface area contributed by atoms with Crippen LogP contribution in [0.2, 0.25) is 0 Å². The fourth-order valence-electron chi connectivity index (χ4n) is 4.88. The van der Waals surface area contributed by atoms with Gasteiger partial charge in [0.1, 0.15) is 17.9 Å². The smallest absolute Gasteiger partial charge is 0.406 e. The van der Waals surface area contributed by atoms with Crippen LogP contribution in [0.15, 0.2) is 30.6 Å². The Morgan fingerprint density at radius 3 is 2.52 bits per heavy atom. The van der Waals surface area contributed by atoms with E-state index in [4.69, 9.17) is 4.74 Å². The van der Waals surface area contributed by atoms with E-state index in [0.29, 0.717) is 37.9 Å². The van der Waals surface area contributed by atoms with E-state index in [9.17, 15) is 18.0 Å². The van der Waals surface area contributed by atoms with Gasteiger partial charge in [0.15, 0.2) is 0 Å². The van der Waals surface area contributed by atoms with Gasteiger partial charge in [-0.1, -0.05) is 0 Å². The quantitative estimate of drug-likeness (QED) is 0.733. The van der Waals surface area contributed by atoms with Crippen LogP contribution < -0.4 is 4.74 Å². The second-order valence-corrected chi connectivity index (χ2v) is 8.61. The zero-order chi connectivity index (χ0) is 21.6. The standard InChI is InChI=1S/C21H23F3N4O3/c22-21(23,24)31-16-5-1-14(2-6-16)19(29)27-11-17(20(12-27)7-9-30-10-8-20)18-26-25-13-28(18)15-3-4-15/h1-2,5-6,13,15,17H,3-4,7-12H2. The molecule has 7 nitrogen and oxygen atoms in total. The first-order valence-corrected chi connectivity index (χ1v) is 10.5. The summed E-state index contributed by atoms with van der Waals surface area (Å²) in [5, 5.41) is 8.58. The second kappa shape index (κ2) is 7.51. The fourth-order valence-corrected chi connectivity index (χ4v) is 4.88. The molecule has 10 heteroatoms. The number of carbonyl (C=O) groups excluding carboxylic acids is 1. The van der Waals surface area contributed by atoms with Crippen molar-refractivity contribution in [2.24, 2.45) is 5.41 Å². The number of hydrogen-bond acceptors (Lipinski definition) is 5. The molecule has 3 aliphatic rings. The Bertz CT molecular complexity index is 950. The van der Waals surface area contributed by atoms with Crippen molar-refractivity contribution in [2.45, 2.75) is 44.0 Å². The summed E-state index contributed by atoms with van der Waals surface area (Å²) < 4.78 is 48.8. The Kier molecular flexibility index (Phi) is 4.91. The third-order valence-corrected chi connectivity index (χ3v) is 6.61. The van der Waals surface area contributed by atoms with Crippen molar-refractivity contribution in [3.63, 3.8) is 0 Å². The normalized spacial score (nSPS) is 23.3. The zero-order valence-corrected chi connectivity index (χ0v) is 16.8. The molecule has 0 radical (unpaired) electrons. The molecular formula is C21H23F3N4O3. The first-order valence-electron chi connectivity index (χ1n) is 10.5. The summed E-state index contributed by atoms with van der Waals surface area (Å²) >= 11 is 0. The van der Waals surface area contributed by atoms with Crippen LogP contribution in [-0.2, 0) is 4.74 Å². The van der Waals surface area contributed by atoms with Gasteiger partial charge in [0, 0.05) is 49.2 Å². The number of benzene rings is 1. The summed E-state index contributed by atoms with van der Waals surface area (Å²) in [5.41, 5.74) is 0.202. The first-order chi connectivity index (χ1) is 14.8. The maximum Gasteiger partial charge on any atom is 0.573 e. The second-order valence-electron chi connectivity index (χ2n) is 8.61. The average molecular weight is 436 g/mol. The summed E-state index contributed by atoms with van der Waals surface area (Å²) in [6.45, 7) is 2.35. The number of carbonyl (C=O) groups is 1. The molecule has 2 aliphatic heterocycles. The minimum Gasteiger partial charge on any atom is -0.406 e. The van der Waals surface area contributed by atoms with Crippen molar-refractivity contribution in [2.75, 3.05) is 26.3 Å². The molecule has 1 aliphatic carbocycles. The summed E-state index contributed by atoms with van der Waals surface area (Å²) in [6, 6.07) is 5.53. The molecule has 0 bridgehead atoms. The Balaban J connectivity index is 1.39. The number of amides is 1. The predicted octanol–water partition coefficient (Wildman–Crippen LogP) is 3.55. The van der Waals surface area contributed by atoms with E-state index >= 15 is 0 Å². The number of alkyl halides is 3. The third-order valence-electron chi connectivity index (χ3n) is 6.61. The molecule has 31 heavy (non-hydrogen) atoms. The van der Waals surface area contributed by atoms with E-state index in [2.05, 4.69) is 19.5 Å². The van der Waals surface area contributed by atoms with E-state index in [1.807, 2.05) is 0 Å². The number of nitrogens with zero attached hydrogens (tertiary/aromatic N) is 4. The van der Waals surface area contributed by atoms with Gasteiger partial charge < -0.3 is 18.9 Å². The molecule has 1 aromatic carbocycles. The topological polar surface area (TPSA) is 69.5 Å². The van der Waals surface area contributed by atoms with Gasteiger partial charge in [-0.15, -0.1) is 23.4 Å². The largest absolute Gasteiger partial charge is 0.573 e. The highest BCUT2D eigenvalue weighted by Gasteiger charge is 2.51. The van der Waals surface area contributed by atoms with E-state index in [1.54, 1.807) is 11.2 Å². The number of likely N-dealkylation sites (tertiary alicyclic amines) is 1. The highest BCUT2D eigenvalue weighted by molar-refractivity contribution is 5.94. The molecule has 1 unspecified atom stereocenters. The van der Waals surface area contributed by atoms with Crippen molar-refractivity contribution in [3.05, 3.63) is 42.0 Å². The Morgan fingerprint density at radius 2 is 1.87 bits per heavy atom. The fraction of sp³-hybridized carbons (Fsp3) is 0.571. The lowest BCUT2D eigenvalue weighted by molar-refractivity contribution is -0.274. The van der Waals surface area contributed by atoms with Crippen LogP contribution in [-0.4, -0.2) is 58.2 Å². The predicted molar refractivity (Wildman–Crippen MR) is 103 cm³/mol. The number of ether oxygens (including phenoxy) is 2. The molecule has 1 aromatic heterocycles. The van der Waals surface area contributed by atoms with Gasteiger partial charge in [0.25, 0.3) is 5.91 Å². The van der Waals surface area contributed by atoms with Crippen LogP contribution in [0.4, 0.5) is 13.2 Å². The highest BCUT2D eigenvalue weighted by atomic mass is 19.4. The van der Waals surface area contributed by atoms with Gasteiger partial charge in [-0.2, -0.15) is 0 Å². The molecule has 1 atom stereocenters. The Hall–Kier alpha value is -2.62.